The minimum atomic E-state index is -5.08. The van der Waals surface area contributed by atoms with Crippen LogP contribution in [0.2, 0.25) is 5.02 Å². The number of likely N-dealkylation sites (N-methyl/N-ethyl adjacent to an activating group) is 1. The summed E-state index contributed by atoms with van der Waals surface area (Å²) in [7, 11) is 3.52. The lowest BCUT2D eigenvalue weighted by Crippen LogP contribution is -2.58. The van der Waals surface area contributed by atoms with Crippen LogP contribution in [0.25, 0.3) is 0 Å². The summed E-state index contributed by atoms with van der Waals surface area (Å²) in [6.45, 7) is 3.37. The summed E-state index contributed by atoms with van der Waals surface area (Å²) in [5, 5.41) is 7.91. The van der Waals surface area contributed by atoms with E-state index >= 15 is 0 Å². The maximum atomic E-state index is 11.6. The quantitative estimate of drug-likeness (QED) is 0.716. The fraction of sp³-hybridized carbons (Fsp3) is 0.579. The van der Waals surface area contributed by atoms with Gasteiger partial charge in [0.25, 0.3) is 0 Å². The Bertz CT molecular complexity index is 740. The Morgan fingerprint density at radius 3 is 2.37 bits per heavy atom. The van der Waals surface area contributed by atoms with Crippen molar-refractivity contribution in [1.29, 1.82) is 0 Å². The lowest BCUT2D eigenvalue weighted by molar-refractivity contribution is -0.192. The molecule has 1 atom stereocenters. The van der Waals surface area contributed by atoms with E-state index in [1.54, 1.807) is 19.0 Å². The summed E-state index contributed by atoms with van der Waals surface area (Å²) in [6.07, 6.45) is -3.82. The number of nitrogens with zero attached hydrogens (tertiary/aromatic N) is 2. The fourth-order valence-corrected chi connectivity index (χ4v) is 4.91. The summed E-state index contributed by atoms with van der Waals surface area (Å²) >= 11 is 7.93. The zero-order valence-electron chi connectivity index (χ0n) is 16.6. The Hall–Kier alpha value is -1.49. The number of likely N-dealkylation sites (tertiary alicyclic amines) is 1. The van der Waals surface area contributed by atoms with Crippen LogP contribution in [0.3, 0.4) is 0 Å². The first-order chi connectivity index (χ1) is 13.9. The Kier molecular flexibility index (Phi) is 8.43. The first-order valence-electron chi connectivity index (χ1n) is 9.13. The van der Waals surface area contributed by atoms with Gasteiger partial charge in [0.1, 0.15) is 6.61 Å². The van der Waals surface area contributed by atoms with Crippen LogP contribution in [0.4, 0.5) is 13.2 Å². The molecule has 30 heavy (non-hydrogen) atoms. The number of thioether (sulfide) groups is 1. The number of aliphatic carboxylic acids is 1. The van der Waals surface area contributed by atoms with Gasteiger partial charge in [-0.2, -0.15) is 13.2 Å². The van der Waals surface area contributed by atoms with Gasteiger partial charge in [-0.1, -0.05) is 23.7 Å². The van der Waals surface area contributed by atoms with Crippen LogP contribution < -0.4 is 0 Å². The summed E-state index contributed by atoms with van der Waals surface area (Å²) in [4.78, 5) is 24.5. The van der Waals surface area contributed by atoms with Crippen molar-refractivity contribution in [3.05, 3.63) is 34.9 Å². The van der Waals surface area contributed by atoms with E-state index in [1.807, 2.05) is 23.9 Å². The average molecular weight is 469 g/mol. The first kappa shape index (κ1) is 24.8. The van der Waals surface area contributed by atoms with E-state index in [1.165, 1.54) is 5.56 Å². The summed E-state index contributed by atoms with van der Waals surface area (Å²) in [5.74, 6) is -1.73. The molecule has 2 saturated heterocycles. The highest BCUT2D eigenvalue weighted by atomic mass is 35.5. The number of halogens is 4. The Balaban J connectivity index is 0.000000396. The SMILES string of the molecule is CN(C)C(=O)COC1CSC2(C1)CN(Cc1ccc(Cl)cc1)C2.O=C(O)C(F)(F)F. The van der Waals surface area contributed by atoms with Gasteiger partial charge >= 0.3 is 12.1 Å². The van der Waals surface area contributed by atoms with E-state index < -0.39 is 12.1 Å². The van der Waals surface area contributed by atoms with E-state index in [2.05, 4.69) is 17.0 Å². The number of hydrogen-bond donors (Lipinski definition) is 1. The van der Waals surface area contributed by atoms with Crippen molar-refractivity contribution in [3.8, 4) is 0 Å². The molecule has 2 aliphatic rings. The van der Waals surface area contributed by atoms with Gasteiger partial charge in [0.15, 0.2) is 0 Å². The van der Waals surface area contributed by atoms with Crippen LogP contribution in [0.5, 0.6) is 0 Å². The highest BCUT2D eigenvalue weighted by Crippen LogP contribution is 2.46. The number of ether oxygens (including phenoxy) is 1. The maximum Gasteiger partial charge on any atom is 0.490 e. The standard InChI is InChI=1S/C17H23ClN2O2S.C2HF3O2/c1-19(2)16(21)9-22-15-7-17(23-10-15)11-20(12-17)8-13-3-5-14(18)6-4-13;3-2(4,5)1(6)7/h3-6,15H,7-12H2,1-2H3;(H,6,7). The molecule has 168 valence electrons. The molecule has 0 bridgehead atoms. The lowest BCUT2D eigenvalue weighted by atomic mass is 9.92. The number of hydrogen-bond acceptors (Lipinski definition) is 5. The smallest absolute Gasteiger partial charge is 0.475 e. The average Bonchev–Trinajstić information content (AvgIpc) is 3.05. The molecule has 6 nitrogen and oxygen atoms in total. The molecule has 1 N–H and O–H groups in total. The number of rotatable bonds is 5. The predicted octanol–water partition coefficient (Wildman–Crippen LogP) is 3.14. The second-order valence-electron chi connectivity index (χ2n) is 7.49. The molecule has 1 amide bonds. The van der Waals surface area contributed by atoms with Crippen LogP contribution in [0.1, 0.15) is 12.0 Å². The highest BCUT2D eigenvalue weighted by Gasteiger charge is 2.49. The van der Waals surface area contributed by atoms with Crippen LogP contribution >= 0.6 is 23.4 Å². The molecule has 2 aliphatic heterocycles. The van der Waals surface area contributed by atoms with E-state index in [0.29, 0.717) is 4.75 Å². The number of carboxylic acid groups (broad SMARTS) is 1. The molecule has 1 aromatic rings. The molecule has 0 radical (unpaired) electrons. The van der Waals surface area contributed by atoms with Crippen LogP contribution in [0.15, 0.2) is 24.3 Å². The molecular formula is C19H24ClF3N2O4S. The molecule has 2 fully saturated rings. The number of carbonyl (C=O) groups is 2. The Morgan fingerprint density at radius 2 is 1.87 bits per heavy atom. The van der Waals surface area contributed by atoms with Crippen molar-refractivity contribution in [2.75, 3.05) is 39.5 Å². The topological polar surface area (TPSA) is 70.1 Å². The van der Waals surface area contributed by atoms with Crippen molar-refractivity contribution < 1.29 is 32.6 Å². The third-order valence-electron chi connectivity index (χ3n) is 4.70. The second-order valence-corrected chi connectivity index (χ2v) is 9.42. The third kappa shape index (κ3) is 7.33. The molecule has 3 rings (SSSR count). The molecule has 0 aliphatic carbocycles. The number of alkyl halides is 3. The van der Waals surface area contributed by atoms with Gasteiger partial charge in [0.05, 0.1) is 6.10 Å². The normalized spacial score (nSPS) is 20.3. The van der Waals surface area contributed by atoms with E-state index in [4.69, 9.17) is 26.2 Å². The second kappa shape index (κ2) is 10.2. The van der Waals surface area contributed by atoms with E-state index in [0.717, 1.165) is 36.8 Å². The van der Waals surface area contributed by atoms with Crippen LogP contribution in [-0.4, -0.2) is 83.4 Å². The zero-order valence-corrected chi connectivity index (χ0v) is 18.2. The van der Waals surface area contributed by atoms with Gasteiger partial charge in [-0.25, -0.2) is 4.79 Å². The molecule has 1 aromatic carbocycles. The monoisotopic (exact) mass is 468 g/mol. The van der Waals surface area contributed by atoms with Crippen molar-refractivity contribution in [2.24, 2.45) is 0 Å². The largest absolute Gasteiger partial charge is 0.490 e. The summed E-state index contributed by atoms with van der Waals surface area (Å²) < 4.78 is 37.8. The minimum Gasteiger partial charge on any atom is -0.475 e. The summed E-state index contributed by atoms with van der Waals surface area (Å²) in [6, 6.07) is 8.08. The van der Waals surface area contributed by atoms with Crippen molar-refractivity contribution in [2.45, 2.75) is 30.0 Å². The molecular weight excluding hydrogens is 445 g/mol. The van der Waals surface area contributed by atoms with E-state index in [9.17, 15) is 18.0 Å². The number of carboxylic acids is 1. The molecule has 1 spiro atoms. The third-order valence-corrected chi connectivity index (χ3v) is 6.53. The Labute approximate surface area is 182 Å². The number of amides is 1. The van der Waals surface area contributed by atoms with Gasteiger partial charge in [-0.3, -0.25) is 9.69 Å². The highest BCUT2D eigenvalue weighted by molar-refractivity contribution is 8.01. The van der Waals surface area contributed by atoms with Gasteiger partial charge < -0.3 is 14.7 Å². The Morgan fingerprint density at radius 1 is 1.30 bits per heavy atom. The maximum absolute atomic E-state index is 11.6. The number of benzene rings is 1. The zero-order chi connectivity index (χ0) is 22.5. The van der Waals surface area contributed by atoms with Gasteiger partial charge in [-0.05, 0) is 24.1 Å². The molecule has 11 heteroatoms. The van der Waals surface area contributed by atoms with Crippen molar-refractivity contribution in [3.63, 3.8) is 0 Å². The van der Waals surface area contributed by atoms with Crippen LogP contribution in [0, 0.1) is 0 Å². The predicted molar refractivity (Wildman–Crippen MR) is 109 cm³/mol. The lowest BCUT2D eigenvalue weighted by Gasteiger charge is -2.47. The van der Waals surface area contributed by atoms with Gasteiger partial charge in [0, 0.05) is 49.3 Å². The first-order valence-corrected chi connectivity index (χ1v) is 10.5. The van der Waals surface area contributed by atoms with Crippen molar-refractivity contribution in [1.82, 2.24) is 9.80 Å². The molecule has 1 unspecified atom stereocenters. The van der Waals surface area contributed by atoms with Gasteiger partial charge in [0.2, 0.25) is 5.91 Å². The minimum absolute atomic E-state index is 0.0360. The van der Waals surface area contributed by atoms with Gasteiger partial charge in [-0.15, -0.1) is 11.8 Å². The molecule has 0 aromatic heterocycles. The number of carbonyl (C=O) groups excluding carboxylic acids is 1. The molecule has 0 saturated carbocycles. The van der Waals surface area contributed by atoms with Crippen LogP contribution in [-0.2, 0) is 20.9 Å². The fourth-order valence-electron chi connectivity index (χ4n) is 3.18. The van der Waals surface area contributed by atoms with Crippen molar-refractivity contribution >= 4 is 35.2 Å². The molecule has 2 heterocycles. The van der Waals surface area contributed by atoms with E-state index in [-0.39, 0.29) is 18.6 Å². The summed E-state index contributed by atoms with van der Waals surface area (Å²) in [5.41, 5.74) is 1.30.